The van der Waals surface area contributed by atoms with Crippen LogP contribution in [0.3, 0.4) is 0 Å². The van der Waals surface area contributed by atoms with Crippen molar-refractivity contribution in [1.29, 1.82) is 0 Å². The Morgan fingerprint density at radius 1 is 0.303 bits per heavy atom. The van der Waals surface area contributed by atoms with E-state index in [0.29, 0.717) is 0 Å². The van der Waals surface area contributed by atoms with Crippen molar-refractivity contribution in [3.8, 4) is 33.8 Å². The Morgan fingerprint density at radius 2 is 0.632 bits per heavy atom. The molecule has 0 saturated carbocycles. The van der Waals surface area contributed by atoms with Gasteiger partial charge in [-0.3, -0.25) is 0 Å². The van der Waals surface area contributed by atoms with Crippen molar-refractivity contribution in [3.05, 3.63) is 230 Å². The molecule has 13 aromatic rings. The van der Waals surface area contributed by atoms with Crippen LogP contribution in [0.15, 0.2) is 218 Å². The van der Waals surface area contributed by atoms with Gasteiger partial charge in [0.1, 0.15) is 11.5 Å². The molecule has 13 rings (SSSR count). The Balaban J connectivity index is 1.12. The van der Waals surface area contributed by atoms with Crippen LogP contribution in [0.25, 0.3) is 86.9 Å². The molecule has 13 aromatic carbocycles. The van der Waals surface area contributed by atoms with Gasteiger partial charge in [-0.15, -0.1) is 0 Å². The first-order chi connectivity index (χ1) is 37.6. The summed E-state index contributed by atoms with van der Waals surface area (Å²) in [5, 5.41) is 15.1. The van der Waals surface area contributed by atoms with Gasteiger partial charge in [0.05, 0.1) is 25.6 Å². The molecule has 0 spiro atoms. The number of methoxy groups -OCH3 is 2. The Bertz CT molecular complexity index is 3840. The third kappa shape index (κ3) is 7.82. The van der Waals surface area contributed by atoms with E-state index < -0.39 is 0 Å². The lowest BCUT2D eigenvalue weighted by molar-refractivity contribution is 0.414. The van der Waals surface area contributed by atoms with Crippen LogP contribution in [0.2, 0.25) is 0 Å². The average Bonchev–Trinajstić information content (AvgIpc) is 4.11. The standard InChI is InChI=1S/C72H60N2O2/c1-5-7-17-47-27-31-51(32-28-47)73(53-35-39-55(75-3)40-36-53)63-45-43-61-67-57(63)23-15-25-59(67)69-65(49-19-11-9-12-20-49)72-62-44-46-64(58-24-16-26-60(68(58)62)70(72)66(71(61)69)50-21-13-10-14-22-50)74(54-37-41-56(76-4)42-38-54)52-33-29-48(30-34-52)18-8-6-2/h9-16,19-46H,5-8,17-18H2,1-4H3. The summed E-state index contributed by atoms with van der Waals surface area (Å²) < 4.78 is 11.4. The van der Waals surface area contributed by atoms with Crippen LogP contribution in [0.1, 0.15) is 50.7 Å². The first-order valence-corrected chi connectivity index (χ1v) is 27.1. The fourth-order valence-electron chi connectivity index (χ4n) is 12.3. The van der Waals surface area contributed by atoms with Gasteiger partial charge in [-0.05, 0) is 198 Å². The molecule has 0 atom stereocenters. The first-order valence-electron chi connectivity index (χ1n) is 27.1. The minimum atomic E-state index is 0.833. The van der Waals surface area contributed by atoms with E-state index in [0.717, 1.165) is 58.5 Å². The monoisotopic (exact) mass is 984 g/mol. The van der Waals surface area contributed by atoms with Crippen molar-refractivity contribution >= 4 is 98.8 Å². The molecule has 0 fully saturated rings. The molecule has 4 heteroatoms. The van der Waals surface area contributed by atoms with Gasteiger partial charge >= 0.3 is 0 Å². The largest absolute Gasteiger partial charge is 0.497 e. The van der Waals surface area contributed by atoms with Gasteiger partial charge in [-0.2, -0.15) is 0 Å². The van der Waals surface area contributed by atoms with Crippen LogP contribution >= 0.6 is 0 Å². The highest BCUT2D eigenvalue weighted by Gasteiger charge is 2.30. The van der Waals surface area contributed by atoms with Gasteiger partial charge in [0.2, 0.25) is 0 Å². The molecule has 76 heavy (non-hydrogen) atoms. The van der Waals surface area contributed by atoms with Crippen LogP contribution in [-0.2, 0) is 12.8 Å². The fraction of sp³-hybridized carbons (Fsp3) is 0.139. The van der Waals surface area contributed by atoms with Crippen LogP contribution in [0.5, 0.6) is 11.5 Å². The zero-order valence-corrected chi connectivity index (χ0v) is 43.7. The number of anilines is 6. The highest BCUT2D eigenvalue weighted by Crippen LogP contribution is 2.57. The number of benzene rings is 11. The molecule has 0 aliphatic carbocycles. The predicted molar refractivity (Wildman–Crippen MR) is 324 cm³/mol. The number of unbranched alkanes of at least 4 members (excludes halogenated alkanes) is 2. The van der Waals surface area contributed by atoms with Crippen molar-refractivity contribution in [2.24, 2.45) is 0 Å². The lowest BCUT2D eigenvalue weighted by Gasteiger charge is -2.27. The zero-order chi connectivity index (χ0) is 51.3. The van der Waals surface area contributed by atoms with E-state index in [-0.39, 0.29) is 0 Å². The van der Waals surface area contributed by atoms with Gasteiger partial charge < -0.3 is 19.3 Å². The number of fused-ring (bicyclic) bond motifs is 6. The number of ether oxygens (including phenoxy) is 2. The van der Waals surface area contributed by atoms with Gasteiger partial charge in [0.15, 0.2) is 0 Å². The summed E-state index contributed by atoms with van der Waals surface area (Å²) in [4.78, 5) is 4.85. The summed E-state index contributed by atoms with van der Waals surface area (Å²) in [6.45, 7) is 4.52. The summed E-state index contributed by atoms with van der Waals surface area (Å²) in [6.07, 6.45) is 6.85. The molecule has 0 amide bonds. The highest BCUT2D eigenvalue weighted by atomic mass is 16.5. The lowest BCUT2D eigenvalue weighted by Crippen LogP contribution is -2.10. The van der Waals surface area contributed by atoms with E-state index in [9.17, 15) is 0 Å². The van der Waals surface area contributed by atoms with Crippen LogP contribution in [0, 0.1) is 0 Å². The molecule has 0 aromatic heterocycles. The van der Waals surface area contributed by atoms with Crippen molar-refractivity contribution in [3.63, 3.8) is 0 Å². The van der Waals surface area contributed by atoms with Crippen molar-refractivity contribution < 1.29 is 9.47 Å². The van der Waals surface area contributed by atoms with E-state index >= 15 is 0 Å². The first kappa shape index (κ1) is 46.9. The molecule has 0 aliphatic rings. The third-order valence-electron chi connectivity index (χ3n) is 15.9. The maximum Gasteiger partial charge on any atom is 0.119 e. The minimum absolute atomic E-state index is 0.833. The highest BCUT2D eigenvalue weighted by molar-refractivity contribution is 6.47. The Labute approximate surface area is 445 Å². The number of nitrogens with zero attached hydrogens (tertiary/aromatic N) is 2. The summed E-state index contributed by atoms with van der Waals surface area (Å²) in [7, 11) is 3.46. The molecule has 0 radical (unpaired) electrons. The van der Waals surface area contributed by atoms with Gasteiger partial charge in [-0.25, -0.2) is 0 Å². The second kappa shape index (κ2) is 19.8. The summed E-state index contributed by atoms with van der Waals surface area (Å²) in [5.41, 5.74) is 14.3. The topological polar surface area (TPSA) is 24.9 Å². The van der Waals surface area contributed by atoms with E-state index in [4.69, 9.17) is 9.47 Å². The molecular weight excluding hydrogens is 925 g/mol. The minimum Gasteiger partial charge on any atom is -0.497 e. The van der Waals surface area contributed by atoms with Crippen LogP contribution in [-0.4, -0.2) is 14.2 Å². The number of aryl methyl sites for hydroxylation is 2. The van der Waals surface area contributed by atoms with Crippen molar-refractivity contribution in [2.45, 2.75) is 52.4 Å². The van der Waals surface area contributed by atoms with E-state index in [1.165, 1.54) is 124 Å². The second-order valence-corrected chi connectivity index (χ2v) is 20.3. The number of rotatable bonds is 16. The van der Waals surface area contributed by atoms with Crippen LogP contribution in [0.4, 0.5) is 34.1 Å². The second-order valence-electron chi connectivity index (χ2n) is 20.3. The average molecular weight is 985 g/mol. The molecular formula is C72H60N2O2. The number of hydrogen-bond acceptors (Lipinski definition) is 4. The third-order valence-corrected chi connectivity index (χ3v) is 15.9. The van der Waals surface area contributed by atoms with Gasteiger partial charge in [0, 0.05) is 33.5 Å². The summed E-state index contributed by atoms with van der Waals surface area (Å²) in [5.74, 6) is 1.67. The molecule has 0 aliphatic heterocycles. The van der Waals surface area contributed by atoms with Gasteiger partial charge in [0.25, 0.3) is 0 Å². The van der Waals surface area contributed by atoms with Crippen molar-refractivity contribution in [1.82, 2.24) is 0 Å². The Kier molecular flexibility index (Phi) is 12.2. The molecule has 4 nitrogen and oxygen atoms in total. The predicted octanol–water partition coefficient (Wildman–Crippen LogP) is 20.5. The van der Waals surface area contributed by atoms with Crippen molar-refractivity contribution in [2.75, 3.05) is 24.0 Å². The Hall–Kier alpha value is -8.86. The lowest BCUT2D eigenvalue weighted by atomic mass is 9.87. The maximum absolute atomic E-state index is 5.68. The normalized spacial score (nSPS) is 11.7. The maximum atomic E-state index is 5.68. The molecule has 0 unspecified atom stereocenters. The SMILES string of the molecule is CCCCc1ccc(N(c2ccc(OC)cc2)c2ccc3c4c(-c5ccccc5)c5c6cccc7c(N(c8ccc(CCCC)cc8)c8ccc(OC)cc8)ccc(c5c(-c5ccccc5)c4c4cccc2c43)c76)cc1. The van der Waals surface area contributed by atoms with Gasteiger partial charge in [-0.1, -0.05) is 160 Å². The smallest absolute Gasteiger partial charge is 0.119 e. The van der Waals surface area contributed by atoms with E-state index in [2.05, 4.69) is 242 Å². The molecule has 0 saturated heterocycles. The summed E-state index contributed by atoms with van der Waals surface area (Å²) >= 11 is 0. The quantitative estimate of drug-likeness (QED) is 0.0963. The molecule has 370 valence electrons. The van der Waals surface area contributed by atoms with E-state index in [1.54, 1.807) is 14.2 Å². The number of hydrogen-bond donors (Lipinski definition) is 0. The van der Waals surface area contributed by atoms with E-state index in [1.807, 2.05) is 0 Å². The molecule has 0 bridgehead atoms. The molecule has 0 heterocycles. The zero-order valence-electron chi connectivity index (χ0n) is 43.7. The molecule has 0 N–H and O–H groups in total. The Morgan fingerprint density at radius 3 is 0.974 bits per heavy atom. The fourth-order valence-corrected chi connectivity index (χ4v) is 12.3. The van der Waals surface area contributed by atoms with Crippen LogP contribution < -0.4 is 19.3 Å². The summed E-state index contributed by atoms with van der Waals surface area (Å²) in [6, 6.07) is 81.2.